The van der Waals surface area contributed by atoms with Crippen LogP contribution in [0.4, 0.5) is 0 Å². The van der Waals surface area contributed by atoms with Gasteiger partial charge >= 0.3 is 5.97 Å². The van der Waals surface area contributed by atoms with Gasteiger partial charge in [-0.15, -0.1) is 11.3 Å². The predicted molar refractivity (Wildman–Crippen MR) is 57.9 cm³/mol. The van der Waals surface area contributed by atoms with Gasteiger partial charge in [0.25, 0.3) is 0 Å². The molecule has 1 heterocycles. The van der Waals surface area contributed by atoms with Gasteiger partial charge in [-0.3, -0.25) is 0 Å². The summed E-state index contributed by atoms with van der Waals surface area (Å²) in [5, 5.41) is 8.93. The second kappa shape index (κ2) is 3.51. The van der Waals surface area contributed by atoms with Gasteiger partial charge in [0, 0.05) is 0 Å². The minimum atomic E-state index is -0.991. The SMILES string of the molecule is COc1cc(C)c2nc(C(=O)O)sc2c1. The zero-order chi connectivity index (χ0) is 11.0. The summed E-state index contributed by atoms with van der Waals surface area (Å²) in [5.74, 6) is -0.268. The number of thiazole rings is 1. The van der Waals surface area contributed by atoms with Gasteiger partial charge in [0.15, 0.2) is 0 Å². The molecule has 0 aliphatic rings. The van der Waals surface area contributed by atoms with Gasteiger partial charge in [-0.2, -0.15) is 0 Å². The number of nitrogens with zero attached hydrogens (tertiary/aromatic N) is 1. The van der Waals surface area contributed by atoms with Crippen LogP contribution in [0.2, 0.25) is 0 Å². The molecular formula is C10H9NO3S. The van der Waals surface area contributed by atoms with Crippen LogP contribution in [0.1, 0.15) is 15.4 Å². The number of aromatic nitrogens is 1. The Hall–Kier alpha value is -1.62. The number of hydrogen-bond donors (Lipinski definition) is 1. The highest BCUT2D eigenvalue weighted by Gasteiger charge is 2.12. The zero-order valence-corrected chi connectivity index (χ0v) is 9.09. The van der Waals surface area contributed by atoms with Crippen LogP contribution in [-0.4, -0.2) is 23.2 Å². The predicted octanol–water partition coefficient (Wildman–Crippen LogP) is 2.31. The average Bonchev–Trinajstić information content (AvgIpc) is 2.61. The molecule has 15 heavy (non-hydrogen) atoms. The van der Waals surface area contributed by atoms with Gasteiger partial charge in [0.2, 0.25) is 5.01 Å². The van der Waals surface area contributed by atoms with E-state index in [1.54, 1.807) is 13.2 Å². The van der Waals surface area contributed by atoms with E-state index in [1.165, 1.54) is 0 Å². The van der Waals surface area contributed by atoms with Crippen LogP contribution in [0.5, 0.6) is 5.75 Å². The largest absolute Gasteiger partial charge is 0.497 e. The highest BCUT2D eigenvalue weighted by Crippen LogP contribution is 2.29. The molecule has 1 N–H and O–H groups in total. The summed E-state index contributed by atoms with van der Waals surface area (Å²) < 4.78 is 5.94. The van der Waals surface area contributed by atoms with Crippen molar-refractivity contribution in [3.8, 4) is 5.75 Å². The molecule has 5 heteroatoms. The van der Waals surface area contributed by atoms with Crippen molar-refractivity contribution in [2.24, 2.45) is 0 Å². The molecule has 0 atom stereocenters. The fraction of sp³-hybridized carbons (Fsp3) is 0.200. The summed E-state index contributed by atoms with van der Waals surface area (Å²) in [6.07, 6.45) is 0. The van der Waals surface area contributed by atoms with Crippen LogP contribution in [0.3, 0.4) is 0 Å². The zero-order valence-electron chi connectivity index (χ0n) is 8.27. The first-order valence-electron chi connectivity index (χ1n) is 4.30. The van der Waals surface area contributed by atoms with Crippen molar-refractivity contribution in [3.63, 3.8) is 0 Å². The van der Waals surface area contributed by atoms with Crippen molar-refractivity contribution in [2.75, 3.05) is 7.11 Å². The number of aromatic carboxylic acids is 1. The molecule has 2 aromatic rings. The first kappa shape index (κ1) is 9.92. The van der Waals surface area contributed by atoms with Crippen LogP contribution in [0, 0.1) is 6.92 Å². The Bertz CT molecular complexity index is 533. The van der Waals surface area contributed by atoms with E-state index in [2.05, 4.69) is 4.98 Å². The van der Waals surface area contributed by atoms with Gasteiger partial charge in [-0.25, -0.2) is 9.78 Å². The van der Waals surface area contributed by atoms with Gasteiger partial charge in [0.05, 0.1) is 17.3 Å². The number of benzene rings is 1. The molecule has 0 fully saturated rings. The Labute approximate surface area is 90.1 Å². The number of rotatable bonds is 2. The maximum absolute atomic E-state index is 10.8. The lowest BCUT2D eigenvalue weighted by Gasteiger charge is -2.00. The molecule has 0 saturated carbocycles. The van der Waals surface area contributed by atoms with Crippen molar-refractivity contribution in [2.45, 2.75) is 6.92 Å². The van der Waals surface area contributed by atoms with Crippen molar-refractivity contribution >= 4 is 27.5 Å². The summed E-state index contributed by atoms with van der Waals surface area (Å²) in [7, 11) is 1.58. The third-order valence-corrected chi connectivity index (χ3v) is 3.07. The van der Waals surface area contributed by atoms with E-state index in [9.17, 15) is 4.79 Å². The number of carbonyl (C=O) groups is 1. The van der Waals surface area contributed by atoms with E-state index in [-0.39, 0.29) is 5.01 Å². The molecule has 78 valence electrons. The van der Waals surface area contributed by atoms with Gasteiger partial charge in [0.1, 0.15) is 5.75 Å². The van der Waals surface area contributed by atoms with E-state index < -0.39 is 5.97 Å². The molecule has 1 aromatic heterocycles. The molecule has 0 saturated heterocycles. The molecule has 1 aromatic carbocycles. The fourth-order valence-electron chi connectivity index (χ4n) is 1.37. The number of hydrogen-bond acceptors (Lipinski definition) is 4. The van der Waals surface area contributed by atoms with Crippen LogP contribution in [0.15, 0.2) is 12.1 Å². The van der Waals surface area contributed by atoms with Crippen molar-refractivity contribution in [1.29, 1.82) is 0 Å². The number of carboxylic acids is 1. The molecule has 0 aliphatic heterocycles. The molecule has 0 unspecified atom stereocenters. The summed E-state index contributed by atoms with van der Waals surface area (Å²) in [6, 6.07) is 3.64. The van der Waals surface area contributed by atoms with Gasteiger partial charge in [-0.05, 0) is 24.6 Å². The number of fused-ring (bicyclic) bond motifs is 1. The highest BCUT2D eigenvalue weighted by atomic mass is 32.1. The summed E-state index contributed by atoms with van der Waals surface area (Å²) in [4.78, 5) is 14.8. The van der Waals surface area contributed by atoms with E-state index in [4.69, 9.17) is 9.84 Å². The topological polar surface area (TPSA) is 59.4 Å². The van der Waals surface area contributed by atoms with Crippen LogP contribution < -0.4 is 4.74 Å². The molecule has 0 spiro atoms. The number of aryl methyl sites for hydroxylation is 1. The van der Waals surface area contributed by atoms with E-state index >= 15 is 0 Å². The minimum absolute atomic E-state index is 0.112. The lowest BCUT2D eigenvalue weighted by Crippen LogP contribution is -1.93. The summed E-state index contributed by atoms with van der Waals surface area (Å²) in [6.45, 7) is 1.89. The normalized spacial score (nSPS) is 10.5. The minimum Gasteiger partial charge on any atom is -0.497 e. The van der Waals surface area contributed by atoms with Crippen molar-refractivity contribution in [1.82, 2.24) is 4.98 Å². The quantitative estimate of drug-likeness (QED) is 0.848. The second-order valence-corrected chi connectivity index (χ2v) is 4.15. The maximum atomic E-state index is 10.8. The van der Waals surface area contributed by atoms with Crippen molar-refractivity contribution in [3.05, 3.63) is 22.7 Å². The number of ether oxygens (including phenoxy) is 1. The lowest BCUT2D eigenvalue weighted by atomic mass is 10.2. The smallest absolute Gasteiger partial charge is 0.365 e. The summed E-state index contributed by atoms with van der Waals surface area (Å²) >= 11 is 1.16. The molecule has 0 radical (unpaired) electrons. The third-order valence-electron chi connectivity index (χ3n) is 2.08. The molecule has 4 nitrogen and oxygen atoms in total. The van der Waals surface area contributed by atoms with Crippen LogP contribution in [-0.2, 0) is 0 Å². The third kappa shape index (κ3) is 1.66. The first-order chi connectivity index (χ1) is 7.11. The highest BCUT2D eigenvalue weighted by molar-refractivity contribution is 7.20. The Morgan fingerprint density at radius 3 is 2.87 bits per heavy atom. The Kier molecular flexibility index (Phi) is 2.32. The van der Waals surface area contributed by atoms with E-state index in [0.29, 0.717) is 0 Å². The molecule has 2 rings (SSSR count). The lowest BCUT2D eigenvalue weighted by molar-refractivity contribution is 0.0696. The maximum Gasteiger partial charge on any atom is 0.365 e. The van der Waals surface area contributed by atoms with Gasteiger partial charge in [-0.1, -0.05) is 0 Å². The molecular weight excluding hydrogens is 214 g/mol. The van der Waals surface area contributed by atoms with E-state index in [0.717, 1.165) is 32.9 Å². The second-order valence-electron chi connectivity index (χ2n) is 3.12. The van der Waals surface area contributed by atoms with E-state index in [1.807, 2.05) is 13.0 Å². The Balaban J connectivity index is 2.69. The first-order valence-corrected chi connectivity index (χ1v) is 5.12. The number of carboxylic acid groups (broad SMARTS) is 1. The fourth-order valence-corrected chi connectivity index (χ4v) is 2.29. The van der Waals surface area contributed by atoms with Crippen LogP contribution in [0.25, 0.3) is 10.2 Å². The van der Waals surface area contributed by atoms with Crippen molar-refractivity contribution < 1.29 is 14.6 Å². The monoisotopic (exact) mass is 223 g/mol. The molecule has 0 amide bonds. The standard InChI is InChI=1S/C10H9NO3S/c1-5-3-6(14-2)4-7-8(5)11-9(15-7)10(12)13/h3-4H,1-2H3,(H,12,13). The summed E-state index contributed by atoms with van der Waals surface area (Å²) in [5.41, 5.74) is 1.66. The molecule has 0 bridgehead atoms. The Morgan fingerprint density at radius 2 is 2.27 bits per heavy atom. The Morgan fingerprint density at radius 1 is 1.53 bits per heavy atom. The average molecular weight is 223 g/mol. The number of methoxy groups -OCH3 is 1. The van der Waals surface area contributed by atoms with Gasteiger partial charge < -0.3 is 9.84 Å². The van der Waals surface area contributed by atoms with Crippen LogP contribution >= 0.6 is 11.3 Å². The molecule has 0 aliphatic carbocycles.